The molecule has 2 fully saturated rings. The summed E-state index contributed by atoms with van der Waals surface area (Å²) in [5, 5.41) is 11.3. The zero-order valence-corrected chi connectivity index (χ0v) is 19.9. The number of ether oxygens (including phenoxy) is 1. The Labute approximate surface area is 193 Å². The molecule has 1 aromatic carbocycles. The number of aliphatic hydroxyl groups is 1. The van der Waals surface area contributed by atoms with Gasteiger partial charge in [-0.05, 0) is 51.0 Å². The third-order valence-corrected chi connectivity index (χ3v) is 8.74. The van der Waals surface area contributed by atoms with Crippen molar-refractivity contribution in [2.75, 3.05) is 13.1 Å². The van der Waals surface area contributed by atoms with Crippen LogP contribution < -0.4 is 4.72 Å². The number of aromatic nitrogens is 2. The molecule has 10 heteroatoms. The highest BCUT2D eigenvalue weighted by Gasteiger charge is 2.58. The largest absolute Gasteiger partial charge is 0.443 e. The Hall–Kier alpha value is -2.43. The van der Waals surface area contributed by atoms with Gasteiger partial charge < -0.3 is 14.4 Å². The Bertz CT molecular complexity index is 1180. The summed E-state index contributed by atoms with van der Waals surface area (Å²) in [5.41, 5.74) is 2.33. The number of nitrogens with one attached hydrogen (secondary N) is 1. The van der Waals surface area contributed by atoms with E-state index in [1.807, 2.05) is 29.4 Å². The molecule has 2 N–H and O–H groups in total. The average molecular weight is 475 g/mol. The Balaban J connectivity index is 1.25. The van der Waals surface area contributed by atoms with Crippen LogP contribution in [0, 0.1) is 11.3 Å². The van der Waals surface area contributed by atoms with Gasteiger partial charge in [0.25, 0.3) is 0 Å². The summed E-state index contributed by atoms with van der Waals surface area (Å²) in [5.74, 6) is 0.0460. The third kappa shape index (κ3) is 3.74. The van der Waals surface area contributed by atoms with Crippen LogP contribution in [0.5, 0.6) is 0 Å². The van der Waals surface area contributed by atoms with E-state index in [1.165, 1.54) is 9.87 Å². The van der Waals surface area contributed by atoms with E-state index in [4.69, 9.17) is 4.74 Å². The summed E-state index contributed by atoms with van der Waals surface area (Å²) in [6.07, 6.45) is 4.08. The lowest BCUT2D eigenvalue weighted by molar-refractivity contribution is -0.152. The monoisotopic (exact) mass is 474 g/mol. The van der Waals surface area contributed by atoms with Crippen LogP contribution in [0.1, 0.15) is 51.6 Å². The summed E-state index contributed by atoms with van der Waals surface area (Å²) >= 11 is 0. The van der Waals surface area contributed by atoms with Crippen molar-refractivity contribution >= 4 is 16.3 Å². The lowest BCUT2D eigenvalue weighted by Gasteiger charge is -2.57. The zero-order chi connectivity index (χ0) is 23.6. The van der Waals surface area contributed by atoms with Crippen molar-refractivity contribution < 1.29 is 23.1 Å². The van der Waals surface area contributed by atoms with E-state index in [2.05, 4.69) is 21.7 Å². The van der Waals surface area contributed by atoms with Crippen LogP contribution >= 0.6 is 0 Å². The first kappa shape index (κ1) is 22.4. The second-order valence-electron chi connectivity index (χ2n) is 10.4. The van der Waals surface area contributed by atoms with E-state index >= 15 is 0 Å². The molecular formula is C23H30N4O5S. The van der Waals surface area contributed by atoms with Crippen molar-refractivity contribution in [3.63, 3.8) is 0 Å². The van der Waals surface area contributed by atoms with E-state index in [1.54, 1.807) is 20.8 Å². The molecule has 3 aliphatic rings. The zero-order valence-electron chi connectivity index (χ0n) is 19.1. The number of carbonyl (C=O) groups excluding carboxylic acids is 1. The van der Waals surface area contributed by atoms with E-state index in [0.29, 0.717) is 12.8 Å². The SMILES string of the molecule is CC(C)(C)OC(=O)NS(=O)(=O)N1CCC2(CC1)CC(C1c3ccccc3-c3cncn31)C2O. The highest BCUT2D eigenvalue weighted by atomic mass is 32.2. The molecule has 1 aromatic heterocycles. The van der Waals surface area contributed by atoms with E-state index in [9.17, 15) is 18.3 Å². The molecular weight excluding hydrogens is 444 g/mol. The topological polar surface area (TPSA) is 114 Å². The van der Waals surface area contributed by atoms with Crippen molar-refractivity contribution in [1.29, 1.82) is 0 Å². The Morgan fingerprint density at radius 1 is 1.24 bits per heavy atom. The molecule has 2 aliphatic heterocycles. The smallest absolute Gasteiger partial charge is 0.422 e. The summed E-state index contributed by atoms with van der Waals surface area (Å²) < 4.78 is 35.8. The fraction of sp³-hybridized carbons (Fsp3) is 0.565. The Morgan fingerprint density at radius 3 is 2.61 bits per heavy atom. The molecule has 1 aliphatic carbocycles. The van der Waals surface area contributed by atoms with Gasteiger partial charge in [0.2, 0.25) is 0 Å². The molecule has 1 spiro atoms. The molecule has 2 aromatic rings. The lowest BCUT2D eigenvalue weighted by Crippen LogP contribution is -2.60. The lowest BCUT2D eigenvalue weighted by atomic mass is 9.53. The molecule has 5 rings (SSSR count). The molecule has 9 nitrogen and oxygen atoms in total. The number of hydrogen-bond acceptors (Lipinski definition) is 6. The number of benzene rings is 1. The third-order valence-electron chi connectivity index (χ3n) is 7.27. The van der Waals surface area contributed by atoms with Crippen LogP contribution in [-0.4, -0.2) is 58.3 Å². The van der Waals surface area contributed by atoms with Crippen molar-refractivity contribution in [2.45, 2.75) is 57.8 Å². The van der Waals surface area contributed by atoms with Gasteiger partial charge in [0.05, 0.1) is 30.4 Å². The number of hydrogen-bond donors (Lipinski definition) is 2. The van der Waals surface area contributed by atoms with Crippen LogP contribution in [-0.2, 0) is 14.9 Å². The van der Waals surface area contributed by atoms with Crippen LogP contribution in [0.15, 0.2) is 36.8 Å². The second-order valence-corrected chi connectivity index (χ2v) is 12.1. The molecule has 3 heterocycles. The summed E-state index contributed by atoms with van der Waals surface area (Å²) in [7, 11) is -3.99. The molecule has 1 amide bonds. The van der Waals surface area contributed by atoms with Crippen LogP contribution in [0.25, 0.3) is 11.3 Å². The number of piperidine rings is 1. The van der Waals surface area contributed by atoms with Crippen LogP contribution in [0.3, 0.4) is 0 Å². The average Bonchev–Trinajstić information content (AvgIpc) is 3.31. The second kappa shape index (κ2) is 7.54. The van der Waals surface area contributed by atoms with Gasteiger partial charge in [0, 0.05) is 24.6 Å². The first-order chi connectivity index (χ1) is 15.5. The predicted octanol–water partition coefficient (Wildman–Crippen LogP) is 2.69. The van der Waals surface area contributed by atoms with Gasteiger partial charge in [-0.2, -0.15) is 12.7 Å². The van der Waals surface area contributed by atoms with Gasteiger partial charge >= 0.3 is 16.3 Å². The fourth-order valence-electron chi connectivity index (χ4n) is 5.73. The van der Waals surface area contributed by atoms with Gasteiger partial charge in [-0.25, -0.2) is 14.5 Å². The first-order valence-electron chi connectivity index (χ1n) is 11.3. The maximum absolute atomic E-state index is 12.6. The number of rotatable bonds is 3. The summed E-state index contributed by atoms with van der Waals surface area (Å²) in [6, 6.07) is 8.27. The number of fused-ring (bicyclic) bond motifs is 3. The minimum Gasteiger partial charge on any atom is -0.443 e. The number of carbonyl (C=O) groups is 1. The number of aliphatic hydroxyl groups excluding tert-OH is 1. The number of nitrogens with zero attached hydrogens (tertiary/aromatic N) is 3. The Morgan fingerprint density at radius 2 is 1.94 bits per heavy atom. The normalized spacial score (nSPS) is 26.4. The molecule has 0 bridgehead atoms. The van der Waals surface area contributed by atoms with E-state index < -0.39 is 28.0 Å². The van der Waals surface area contributed by atoms with E-state index in [-0.39, 0.29) is 30.5 Å². The molecule has 1 saturated carbocycles. The molecule has 3 atom stereocenters. The highest BCUT2D eigenvalue weighted by molar-refractivity contribution is 7.87. The molecule has 33 heavy (non-hydrogen) atoms. The number of amides is 1. The first-order valence-corrected chi connectivity index (χ1v) is 12.7. The van der Waals surface area contributed by atoms with Crippen molar-refractivity contribution in [3.05, 3.63) is 42.4 Å². The summed E-state index contributed by atoms with van der Waals surface area (Å²) in [6.45, 7) is 5.52. The van der Waals surface area contributed by atoms with E-state index in [0.717, 1.165) is 17.7 Å². The van der Waals surface area contributed by atoms with Crippen molar-refractivity contribution in [2.24, 2.45) is 11.3 Å². The maximum atomic E-state index is 12.6. The van der Waals surface area contributed by atoms with Crippen LogP contribution in [0.2, 0.25) is 0 Å². The van der Waals surface area contributed by atoms with Crippen molar-refractivity contribution in [1.82, 2.24) is 18.6 Å². The Kier molecular flexibility index (Phi) is 5.11. The molecule has 1 saturated heterocycles. The maximum Gasteiger partial charge on any atom is 0.422 e. The summed E-state index contributed by atoms with van der Waals surface area (Å²) in [4.78, 5) is 16.3. The quantitative estimate of drug-likeness (QED) is 0.707. The van der Waals surface area contributed by atoms with Gasteiger partial charge in [-0.15, -0.1) is 0 Å². The molecule has 178 valence electrons. The highest BCUT2D eigenvalue weighted by Crippen LogP contribution is 2.59. The minimum absolute atomic E-state index is 0.0370. The van der Waals surface area contributed by atoms with Gasteiger partial charge in [0.15, 0.2) is 0 Å². The van der Waals surface area contributed by atoms with Crippen molar-refractivity contribution in [3.8, 4) is 11.3 Å². The van der Waals surface area contributed by atoms with Gasteiger partial charge in [0.1, 0.15) is 5.60 Å². The number of imidazole rings is 1. The van der Waals surface area contributed by atoms with Gasteiger partial charge in [-0.1, -0.05) is 24.3 Å². The molecule has 3 unspecified atom stereocenters. The van der Waals surface area contributed by atoms with Crippen LogP contribution in [0.4, 0.5) is 4.79 Å². The predicted molar refractivity (Wildman–Crippen MR) is 121 cm³/mol. The minimum atomic E-state index is -3.99. The van der Waals surface area contributed by atoms with Gasteiger partial charge in [-0.3, -0.25) is 0 Å². The fourth-order valence-corrected chi connectivity index (χ4v) is 6.77. The molecule has 0 radical (unpaired) electrons. The standard InChI is InChI=1S/C23H30N4O5S/c1-22(2,3)32-21(29)25-33(30,31)26-10-8-23(9-11-26)12-17(20(23)28)19-16-7-5-4-6-15(16)18-13-24-14-27(18)19/h4-7,13-14,17,19-20,28H,8-12H2,1-3H3,(H,25,29).